The van der Waals surface area contributed by atoms with Crippen molar-refractivity contribution >= 4 is 16.0 Å². The van der Waals surface area contributed by atoms with Crippen LogP contribution >= 0.6 is 0 Å². The highest BCUT2D eigenvalue weighted by atomic mass is 32.2. The zero-order valence-electron chi connectivity index (χ0n) is 14.0. The van der Waals surface area contributed by atoms with E-state index in [9.17, 15) is 8.42 Å². The average molecular weight is 338 g/mol. The molecule has 0 bridgehead atoms. The zero-order valence-corrected chi connectivity index (χ0v) is 14.8. The molecular formula is C16H26N4O2S. The van der Waals surface area contributed by atoms with Crippen LogP contribution in [0.1, 0.15) is 37.2 Å². The van der Waals surface area contributed by atoms with Crippen LogP contribution in [0.2, 0.25) is 0 Å². The van der Waals surface area contributed by atoms with Crippen LogP contribution in [0.5, 0.6) is 0 Å². The molecule has 0 N–H and O–H groups in total. The van der Waals surface area contributed by atoms with E-state index in [1.54, 1.807) is 8.61 Å². The van der Waals surface area contributed by atoms with Crippen LogP contribution < -0.4 is 4.90 Å². The standard InChI is InChI=1S/C16H26N4O2S/c1-18(2)16-12-14(7-8-17-16)15-6-5-11-20(13-15)23(21,22)19-9-3-4-10-19/h7-8,12,15H,3-6,9-11,13H2,1-2H3/t15-/m1/s1. The van der Waals surface area contributed by atoms with Crippen molar-refractivity contribution in [2.75, 3.05) is 45.2 Å². The summed E-state index contributed by atoms with van der Waals surface area (Å²) >= 11 is 0. The first kappa shape index (κ1) is 16.7. The molecule has 128 valence electrons. The van der Waals surface area contributed by atoms with E-state index >= 15 is 0 Å². The molecule has 0 aromatic carbocycles. The van der Waals surface area contributed by atoms with E-state index in [2.05, 4.69) is 11.1 Å². The molecule has 1 atom stereocenters. The van der Waals surface area contributed by atoms with Gasteiger partial charge in [0.25, 0.3) is 10.2 Å². The van der Waals surface area contributed by atoms with Crippen molar-refractivity contribution in [1.29, 1.82) is 0 Å². The number of pyridine rings is 1. The van der Waals surface area contributed by atoms with Gasteiger partial charge >= 0.3 is 0 Å². The number of aromatic nitrogens is 1. The molecule has 3 rings (SSSR count). The lowest BCUT2D eigenvalue weighted by Crippen LogP contribution is -2.46. The second kappa shape index (κ2) is 6.75. The minimum atomic E-state index is -3.29. The average Bonchev–Trinajstić information content (AvgIpc) is 3.10. The Bertz CT molecular complexity index is 641. The normalized spacial score (nSPS) is 24.0. The molecule has 0 aliphatic carbocycles. The smallest absolute Gasteiger partial charge is 0.281 e. The lowest BCUT2D eigenvalue weighted by molar-refractivity contribution is 0.292. The van der Waals surface area contributed by atoms with Gasteiger partial charge in [-0.1, -0.05) is 0 Å². The van der Waals surface area contributed by atoms with Crippen LogP contribution in [-0.2, 0) is 10.2 Å². The Morgan fingerprint density at radius 3 is 2.52 bits per heavy atom. The second-order valence-corrected chi connectivity index (χ2v) is 8.58. The van der Waals surface area contributed by atoms with Crippen LogP contribution in [0.15, 0.2) is 18.3 Å². The summed E-state index contributed by atoms with van der Waals surface area (Å²) in [5, 5.41) is 0. The molecule has 0 spiro atoms. The predicted molar refractivity (Wildman–Crippen MR) is 91.8 cm³/mol. The molecule has 1 aromatic heterocycles. The van der Waals surface area contributed by atoms with Crippen molar-refractivity contribution in [3.63, 3.8) is 0 Å². The number of nitrogens with zero attached hydrogens (tertiary/aromatic N) is 4. The van der Waals surface area contributed by atoms with Crippen LogP contribution in [-0.4, -0.2) is 62.3 Å². The van der Waals surface area contributed by atoms with E-state index in [1.807, 2.05) is 31.3 Å². The van der Waals surface area contributed by atoms with E-state index in [0.29, 0.717) is 26.2 Å². The second-order valence-electron chi connectivity index (χ2n) is 6.65. The predicted octanol–water partition coefficient (Wildman–Crippen LogP) is 1.67. The Labute approximate surface area is 139 Å². The molecule has 7 heteroatoms. The number of rotatable bonds is 4. The molecule has 2 fully saturated rings. The zero-order chi connectivity index (χ0) is 16.4. The summed E-state index contributed by atoms with van der Waals surface area (Å²) in [6.07, 6.45) is 5.72. The van der Waals surface area contributed by atoms with Gasteiger partial charge in [0, 0.05) is 46.5 Å². The Kier molecular flexibility index (Phi) is 4.89. The van der Waals surface area contributed by atoms with Gasteiger partial charge < -0.3 is 4.90 Å². The fraction of sp³-hybridized carbons (Fsp3) is 0.688. The first-order valence-electron chi connectivity index (χ1n) is 8.37. The summed E-state index contributed by atoms with van der Waals surface area (Å²) in [5.74, 6) is 1.17. The molecule has 6 nitrogen and oxygen atoms in total. The molecule has 2 aliphatic heterocycles. The lowest BCUT2D eigenvalue weighted by Gasteiger charge is -2.34. The van der Waals surface area contributed by atoms with Crippen LogP contribution in [0.25, 0.3) is 0 Å². The molecule has 2 aliphatic rings. The van der Waals surface area contributed by atoms with Crippen LogP contribution in [0, 0.1) is 0 Å². The minimum Gasteiger partial charge on any atom is -0.363 e. The van der Waals surface area contributed by atoms with E-state index in [4.69, 9.17) is 0 Å². The van der Waals surface area contributed by atoms with Crippen LogP contribution in [0.3, 0.4) is 0 Å². The van der Waals surface area contributed by atoms with Gasteiger partial charge in [-0.25, -0.2) is 4.98 Å². The highest BCUT2D eigenvalue weighted by molar-refractivity contribution is 7.86. The minimum absolute atomic E-state index is 0.253. The maximum atomic E-state index is 12.8. The number of hydrogen-bond donors (Lipinski definition) is 0. The van der Waals surface area contributed by atoms with Crippen molar-refractivity contribution in [2.24, 2.45) is 0 Å². The molecule has 23 heavy (non-hydrogen) atoms. The maximum Gasteiger partial charge on any atom is 0.281 e. The third-order valence-electron chi connectivity index (χ3n) is 4.80. The largest absolute Gasteiger partial charge is 0.363 e. The number of piperidine rings is 1. The molecule has 0 unspecified atom stereocenters. The molecule has 0 saturated carbocycles. The van der Waals surface area contributed by atoms with Gasteiger partial charge in [-0.2, -0.15) is 17.0 Å². The Morgan fingerprint density at radius 1 is 1.13 bits per heavy atom. The fourth-order valence-corrected chi connectivity index (χ4v) is 5.21. The van der Waals surface area contributed by atoms with Gasteiger partial charge in [0.15, 0.2) is 0 Å². The summed E-state index contributed by atoms with van der Waals surface area (Å²) in [7, 11) is 0.650. The molecular weight excluding hydrogens is 312 g/mol. The topological polar surface area (TPSA) is 56.8 Å². The SMILES string of the molecule is CN(C)c1cc([C@@H]2CCCN(S(=O)(=O)N3CCCC3)C2)ccn1. The van der Waals surface area contributed by atoms with Gasteiger partial charge in [0.05, 0.1) is 0 Å². The Balaban J connectivity index is 1.77. The van der Waals surface area contributed by atoms with Gasteiger partial charge in [-0.15, -0.1) is 0 Å². The van der Waals surface area contributed by atoms with E-state index < -0.39 is 10.2 Å². The van der Waals surface area contributed by atoms with E-state index in [0.717, 1.165) is 31.5 Å². The van der Waals surface area contributed by atoms with Crippen molar-refractivity contribution in [3.8, 4) is 0 Å². The molecule has 0 amide bonds. The van der Waals surface area contributed by atoms with Crippen molar-refractivity contribution < 1.29 is 8.42 Å². The Morgan fingerprint density at radius 2 is 1.83 bits per heavy atom. The molecule has 3 heterocycles. The van der Waals surface area contributed by atoms with Crippen molar-refractivity contribution in [3.05, 3.63) is 23.9 Å². The van der Waals surface area contributed by atoms with Gasteiger partial charge in [0.2, 0.25) is 0 Å². The third kappa shape index (κ3) is 3.51. The Hall–Kier alpha value is -1.18. The summed E-state index contributed by atoms with van der Waals surface area (Å²) < 4.78 is 28.9. The highest BCUT2D eigenvalue weighted by Crippen LogP contribution is 2.30. The fourth-order valence-electron chi connectivity index (χ4n) is 3.44. The van der Waals surface area contributed by atoms with Crippen molar-refractivity contribution in [1.82, 2.24) is 13.6 Å². The monoisotopic (exact) mass is 338 g/mol. The quantitative estimate of drug-likeness (QED) is 0.838. The highest BCUT2D eigenvalue weighted by Gasteiger charge is 2.35. The summed E-state index contributed by atoms with van der Waals surface area (Å²) in [6, 6.07) is 4.10. The summed E-state index contributed by atoms with van der Waals surface area (Å²) in [4.78, 5) is 6.33. The van der Waals surface area contributed by atoms with E-state index in [1.165, 1.54) is 5.56 Å². The van der Waals surface area contributed by atoms with Gasteiger partial charge in [-0.05, 0) is 49.3 Å². The van der Waals surface area contributed by atoms with Gasteiger partial charge in [-0.3, -0.25) is 0 Å². The summed E-state index contributed by atoms with van der Waals surface area (Å²) in [5.41, 5.74) is 1.19. The third-order valence-corrected chi connectivity index (χ3v) is 6.80. The first-order valence-corrected chi connectivity index (χ1v) is 9.76. The lowest BCUT2D eigenvalue weighted by atomic mass is 9.92. The summed E-state index contributed by atoms with van der Waals surface area (Å²) in [6.45, 7) is 2.56. The molecule has 1 aromatic rings. The molecule has 0 radical (unpaired) electrons. The van der Waals surface area contributed by atoms with Gasteiger partial charge in [0.1, 0.15) is 5.82 Å². The number of anilines is 1. The van der Waals surface area contributed by atoms with Crippen molar-refractivity contribution in [2.45, 2.75) is 31.6 Å². The number of hydrogen-bond acceptors (Lipinski definition) is 4. The van der Waals surface area contributed by atoms with Crippen LogP contribution in [0.4, 0.5) is 5.82 Å². The van der Waals surface area contributed by atoms with E-state index in [-0.39, 0.29) is 5.92 Å². The maximum absolute atomic E-state index is 12.8. The first-order chi connectivity index (χ1) is 11.0. The molecule has 2 saturated heterocycles.